The van der Waals surface area contributed by atoms with Gasteiger partial charge in [-0.2, -0.15) is 0 Å². The third kappa shape index (κ3) is 4.02. The molecule has 0 saturated heterocycles. The molecule has 0 heterocycles. The minimum atomic E-state index is -0.449. The lowest BCUT2D eigenvalue weighted by Gasteiger charge is -2.12. The number of hydrogen-bond donors (Lipinski definition) is 1. The van der Waals surface area contributed by atoms with Crippen LogP contribution in [0.2, 0.25) is 0 Å². The Bertz CT molecular complexity index is 341. The third-order valence-electron chi connectivity index (χ3n) is 1.78. The standard InChI is InChI=1S/C12H19NO2/c1-7(2)10(13)11(8(3)4)15-12(14)9(5)6/h5,13H2,1-4,6H3. The Hall–Kier alpha value is -1.51. The van der Waals surface area contributed by atoms with Crippen LogP contribution in [0.5, 0.6) is 0 Å². The van der Waals surface area contributed by atoms with Crippen molar-refractivity contribution in [2.75, 3.05) is 0 Å². The van der Waals surface area contributed by atoms with Crippen LogP contribution < -0.4 is 5.73 Å². The Balaban J connectivity index is 5.08. The van der Waals surface area contributed by atoms with E-state index in [2.05, 4.69) is 6.58 Å². The molecule has 3 nitrogen and oxygen atoms in total. The zero-order valence-corrected chi connectivity index (χ0v) is 10.1. The number of rotatable bonds is 3. The second kappa shape index (κ2) is 5.39. The van der Waals surface area contributed by atoms with Crippen LogP contribution in [0.15, 0.2) is 34.8 Å². The molecule has 0 rings (SSSR count). The first-order valence-corrected chi connectivity index (χ1v) is 4.75. The number of hydrogen-bond acceptors (Lipinski definition) is 3. The highest BCUT2D eigenvalue weighted by atomic mass is 16.5. The summed E-state index contributed by atoms with van der Waals surface area (Å²) in [7, 11) is 0. The van der Waals surface area contributed by atoms with Crippen molar-refractivity contribution in [2.24, 2.45) is 5.73 Å². The first-order chi connectivity index (χ1) is 6.77. The van der Waals surface area contributed by atoms with Crippen molar-refractivity contribution in [3.63, 3.8) is 0 Å². The molecule has 0 aliphatic carbocycles. The van der Waals surface area contributed by atoms with E-state index >= 15 is 0 Å². The molecule has 15 heavy (non-hydrogen) atoms. The van der Waals surface area contributed by atoms with E-state index in [1.807, 2.05) is 27.7 Å². The van der Waals surface area contributed by atoms with Gasteiger partial charge in [-0.3, -0.25) is 0 Å². The number of ether oxygens (including phenoxy) is 1. The number of allylic oxidation sites excluding steroid dienone is 2. The summed E-state index contributed by atoms with van der Waals surface area (Å²) in [4.78, 5) is 11.4. The molecule has 0 saturated carbocycles. The fourth-order valence-electron chi connectivity index (χ4n) is 0.833. The van der Waals surface area contributed by atoms with Crippen LogP contribution in [0.4, 0.5) is 0 Å². The van der Waals surface area contributed by atoms with E-state index in [1.165, 1.54) is 0 Å². The van der Waals surface area contributed by atoms with Crippen LogP contribution in [-0.4, -0.2) is 5.97 Å². The Morgan fingerprint density at radius 1 is 1.07 bits per heavy atom. The average Bonchev–Trinajstić information content (AvgIpc) is 2.11. The number of carbonyl (C=O) groups excluding carboxylic acids is 1. The third-order valence-corrected chi connectivity index (χ3v) is 1.78. The van der Waals surface area contributed by atoms with Crippen LogP contribution >= 0.6 is 0 Å². The largest absolute Gasteiger partial charge is 0.421 e. The number of esters is 1. The molecular weight excluding hydrogens is 190 g/mol. The summed E-state index contributed by atoms with van der Waals surface area (Å²) in [6.07, 6.45) is 0. The van der Waals surface area contributed by atoms with Gasteiger partial charge < -0.3 is 10.5 Å². The second-order valence-electron chi connectivity index (χ2n) is 3.91. The lowest BCUT2D eigenvalue weighted by molar-refractivity contribution is -0.134. The van der Waals surface area contributed by atoms with E-state index < -0.39 is 5.97 Å². The molecule has 0 aliphatic rings. The first kappa shape index (κ1) is 13.5. The smallest absolute Gasteiger partial charge is 0.338 e. The van der Waals surface area contributed by atoms with Crippen molar-refractivity contribution in [1.82, 2.24) is 0 Å². The minimum absolute atomic E-state index is 0.357. The van der Waals surface area contributed by atoms with Gasteiger partial charge in [-0.05, 0) is 45.8 Å². The summed E-state index contributed by atoms with van der Waals surface area (Å²) in [6.45, 7) is 12.5. The van der Waals surface area contributed by atoms with Gasteiger partial charge in [0.1, 0.15) is 0 Å². The van der Waals surface area contributed by atoms with Gasteiger partial charge in [0.25, 0.3) is 0 Å². The molecule has 0 spiro atoms. The summed E-state index contributed by atoms with van der Waals surface area (Å²) in [5.74, 6) is -0.0154. The second-order valence-corrected chi connectivity index (χ2v) is 3.91. The van der Waals surface area contributed by atoms with Gasteiger partial charge in [-0.25, -0.2) is 4.79 Å². The van der Waals surface area contributed by atoms with Crippen LogP contribution in [-0.2, 0) is 9.53 Å². The topological polar surface area (TPSA) is 52.3 Å². The lowest BCUT2D eigenvalue weighted by Crippen LogP contribution is -2.13. The molecule has 0 fully saturated rings. The summed E-state index contributed by atoms with van der Waals surface area (Å²) in [6, 6.07) is 0. The van der Waals surface area contributed by atoms with Gasteiger partial charge in [0, 0.05) is 5.57 Å². The highest BCUT2D eigenvalue weighted by molar-refractivity contribution is 5.88. The van der Waals surface area contributed by atoms with Crippen LogP contribution in [0.25, 0.3) is 0 Å². The molecule has 0 aromatic heterocycles. The molecule has 0 atom stereocenters. The highest BCUT2D eigenvalue weighted by Gasteiger charge is 2.12. The van der Waals surface area contributed by atoms with Crippen LogP contribution in [0.1, 0.15) is 34.6 Å². The maximum Gasteiger partial charge on any atom is 0.338 e. The molecule has 84 valence electrons. The van der Waals surface area contributed by atoms with Gasteiger partial charge >= 0.3 is 5.97 Å². The summed E-state index contributed by atoms with van der Waals surface area (Å²) in [5.41, 5.74) is 8.47. The van der Waals surface area contributed by atoms with Gasteiger partial charge in [-0.15, -0.1) is 0 Å². The number of carbonyl (C=O) groups is 1. The van der Waals surface area contributed by atoms with Crippen molar-refractivity contribution in [3.8, 4) is 0 Å². The normalized spacial score (nSPS) is 9.13. The van der Waals surface area contributed by atoms with Crippen LogP contribution in [0.3, 0.4) is 0 Å². The van der Waals surface area contributed by atoms with Crippen molar-refractivity contribution in [3.05, 3.63) is 34.8 Å². The zero-order valence-electron chi connectivity index (χ0n) is 10.1. The molecule has 2 N–H and O–H groups in total. The molecule has 0 aromatic rings. The van der Waals surface area contributed by atoms with Crippen molar-refractivity contribution in [1.29, 1.82) is 0 Å². The van der Waals surface area contributed by atoms with Crippen LogP contribution in [0, 0.1) is 0 Å². The van der Waals surface area contributed by atoms with Crippen molar-refractivity contribution >= 4 is 5.97 Å². The van der Waals surface area contributed by atoms with E-state index in [0.717, 1.165) is 11.1 Å². The maximum atomic E-state index is 11.4. The van der Waals surface area contributed by atoms with Crippen molar-refractivity contribution < 1.29 is 9.53 Å². The van der Waals surface area contributed by atoms with E-state index in [0.29, 0.717) is 17.0 Å². The van der Waals surface area contributed by atoms with E-state index in [1.54, 1.807) is 6.92 Å². The summed E-state index contributed by atoms with van der Waals surface area (Å²) in [5, 5.41) is 0. The van der Waals surface area contributed by atoms with Crippen molar-refractivity contribution in [2.45, 2.75) is 34.6 Å². The quantitative estimate of drug-likeness (QED) is 0.336. The highest BCUT2D eigenvalue weighted by Crippen LogP contribution is 2.16. The molecule has 0 bridgehead atoms. The molecule has 0 unspecified atom stereocenters. The minimum Gasteiger partial charge on any atom is -0.421 e. The van der Waals surface area contributed by atoms with Gasteiger partial charge in [0.15, 0.2) is 5.76 Å². The fourth-order valence-corrected chi connectivity index (χ4v) is 0.833. The fraction of sp³-hybridized carbons (Fsp3) is 0.417. The van der Waals surface area contributed by atoms with E-state index in [4.69, 9.17) is 10.5 Å². The lowest BCUT2D eigenvalue weighted by atomic mass is 10.1. The van der Waals surface area contributed by atoms with Gasteiger partial charge in [0.05, 0.1) is 5.70 Å². The average molecular weight is 209 g/mol. The molecule has 0 amide bonds. The predicted octanol–water partition coefficient (Wildman–Crippen LogP) is 2.65. The molecular formula is C12H19NO2. The maximum absolute atomic E-state index is 11.4. The van der Waals surface area contributed by atoms with Gasteiger partial charge in [-0.1, -0.05) is 6.58 Å². The van der Waals surface area contributed by atoms with E-state index in [-0.39, 0.29) is 0 Å². The summed E-state index contributed by atoms with van der Waals surface area (Å²) < 4.78 is 5.15. The SMILES string of the molecule is C=C(C)C(=O)OC(=C(C)C)C(N)=C(C)C. The Labute approximate surface area is 91.3 Å². The molecule has 0 aromatic carbocycles. The van der Waals surface area contributed by atoms with E-state index in [9.17, 15) is 4.79 Å². The summed E-state index contributed by atoms with van der Waals surface area (Å²) >= 11 is 0. The number of nitrogens with two attached hydrogens (primary N) is 1. The Morgan fingerprint density at radius 3 is 1.80 bits per heavy atom. The first-order valence-electron chi connectivity index (χ1n) is 4.75. The zero-order chi connectivity index (χ0) is 12.2. The molecule has 3 heteroatoms. The molecule has 0 aliphatic heterocycles. The Morgan fingerprint density at radius 2 is 1.53 bits per heavy atom. The predicted molar refractivity (Wildman–Crippen MR) is 61.8 cm³/mol. The molecule has 0 radical (unpaired) electrons. The van der Waals surface area contributed by atoms with Gasteiger partial charge in [0.2, 0.25) is 0 Å². The monoisotopic (exact) mass is 209 g/mol. The Kier molecular flexibility index (Phi) is 4.85.